The number of phenolic OH excluding ortho intramolecular Hbond substituents is 1. The van der Waals surface area contributed by atoms with E-state index in [1.54, 1.807) is 0 Å². The van der Waals surface area contributed by atoms with Gasteiger partial charge in [0.2, 0.25) is 11.6 Å². The zero-order valence-corrected chi connectivity index (χ0v) is 20.5. The summed E-state index contributed by atoms with van der Waals surface area (Å²) in [5, 5.41) is 10.3. The van der Waals surface area contributed by atoms with Gasteiger partial charge in [0, 0.05) is 5.92 Å². The van der Waals surface area contributed by atoms with Gasteiger partial charge in [0.25, 0.3) is 11.8 Å². The van der Waals surface area contributed by atoms with Gasteiger partial charge in [0.1, 0.15) is 5.69 Å². The van der Waals surface area contributed by atoms with Crippen LogP contribution in [-0.2, 0) is 9.59 Å². The van der Waals surface area contributed by atoms with E-state index in [-0.39, 0.29) is 27.5 Å². The maximum Gasteiger partial charge on any atom is 0.258 e. The van der Waals surface area contributed by atoms with E-state index >= 15 is 0 Å². The summed E-state index contributed by atoms with van der Waals surface area (Å²) in [6, 6.07) is 2.51. The van der Waals surface area contributed by atoms with Gasteiger partial charge in [0.15, 0.2) is 44.5 Å². The molecular weight excluding hydrogens is 548 g/mol. The quantitative estimate of drug-likeness (QED) is 0.177. The Labute approximate surface area is 216 Å². The molecule has 1 N–H and O–H groups in total. The molecule has 196 valence electrons. The van der Waals surface area contributed by atoms with Gasteiger partial charge < -0.3 is 14.6 Å². The maximum absolute atomic E-state index is 14.7. The van der Waals surface area contributed by atoms with E-state index in [4.69, 9.17) is 32.7 Å². The molecule has 0 radical (unpaired) electrons. The van der Waals surface area contributed by atoms with Gasteiger partial charge in [-0.3, -0.25) is 9.59 Å². The van der Waals surface area contributed by atoms with Crippen LogP contribution in [0.1, 0.15) is 17.9 Å². The highest BCUT2D eigenvalue weighted by Gasteiger charge is 2.73. The molecule has 37 heavy (non-hydrogen) atoms. The molecule has 3 unspecified atom stereocenters. The second kappa shape index (κ2) is 8.91. The third-order valence-electron chi connectivity index (χ3n) is 6.46. The van der Waals surface area contributed by atoms with Gasteiger partial charge in [-0.25, -0.2) is 26.9 Å². The molecule has 2 aliphatic rings. The number of imide groups is 1. The third-order valence-corrected chi connectivity index (χ3v) is 7.88. The number of carbonyl (C=O) groups is 2. The fourth-order valence-corrected chi connectivity index (χ4v) is 5.49. The summed E-state index contributed by atoms with van der Waals surface area (Å²) in [5.41, 5.74) is -1.47. The van der Waals surface area contributed by atoms with E-state index in [9.17, 15) is 36.6 Å². The molecule has 6 nitrogen and oxygen atoms in total. The van der Waals surface area contributed by atoms with Crippen molar-refractivity contribution < 1.29 is 46.1 Å². The number of allylic oxidation sites excluding steroid dienone is 3. The zero-order valence-electron chi connectivity index (χ0n) is 19.0. The van der Waals surface area contributed by atoms with E-state index in [0.29, 0.717) is 0 Å². The monoisotopic (exact) mass is 563 g/mol. The first kappa shape index (κ1) is 26.7. The second-order valence-corrected chi connectivity index (χ2v) is 9.44. The van der Waals surface area contributed by atoms with E-state index in [1.165, 1.54) is 38.5 Å². The number of benzene rings is 2. The first-order chi connectivity index (χ1) is 17.3. The number of alkyl halides is 2. The van der Waals surface area contributed by atoms with Crippen LogP contribution in [0.2, 0.25) is 0 Å². The molecule has 1 aliphatic carbocycles. The van der Waals surface area contributed by atoms with Crippen molar-refractivity contribution >= 4 is 40.7 Å². The number of fused-ring (bicyclic) bond motifs is 1. The van der Waals surface area contributed by atoms with Gasteiger partial charge in [-0.05, 0) is 29.7 Å². The number of methoxy groups -OCH3 is 2. The van der Waals surface area contributed by atoms with E-state index in [0.717, 1.165) is 0 Å². The van der Waals surface area contributed by atoms with Crippen LogP contribution in [0.25, 0.3) is 0 Å². The Bertz CT molecular complexity index is 1360. The van der Waals surface area contributed by atoms with Crippen LogP contribution in [0.3, 0.4) is 0 Å². The molecule has 3 atom stereocenters. The normalized spacial score (nSPS) is 25.2. The molecule has 4 rings (SSSR count). The Morgan fingerprint density at radius 3 is 1.92 bits per heavy atom. The molecule has 2 aromatic rings. The number of carbonyl (C=O) groups excluding carboxylic acids is 2. The maximum atomic E-state index is 14.7. The molecule has 1 saturated heterocycles. The minimum absolute atomic E-state index is 0.0952. The van der Waals surface area contributed by atoms with Crippen LogP contribution < -0.4 is 14.4 Å². The number of nitrogens with zero attached hydrogens (tertiary/aromatic N) is 1. The molecule has 2 amide bonds. The van der Waals surface area contributed by atoms with Crippen molar-refractivity contribution in [1.29, 1.82) is 0 Å². The summed E-state index contributed by atoms with van der Waals surface area (Å²) in [4.78, 5) is 22.0. The summed E-state index contributed by atoms with van der Waals surface area (Å²) in [5.74, 6) is -17.1. The number of aromatic hydroxyl groups is 1. The zero-order chi connectivity index (χ0) is 27.6. The number of phenols is 1. The molecule has 0 aromatic heterocycles. The average Bonchev–Trinajstić information content (AvgIpc) is 3.03. The summed E-state index contributed by atoms with van der Waals surface area (Å²) in [6.45, 7) is 3.66. The first-order valence-corrected chi connectivity index (χ1v) is 11.1. The SMILES string of the molecule is C=CC1=CCC2(Cl)C(=O)N(c3c(F)c(F)c(F)c(F)c3F)C(=O)C2(Cl)C1c1cc(OC)c(O)c(OC)c1. The molecule has 1 fully saturated rings. The van der Waals surface area contributed by atoms with Crippen LogP contribution in [0.15, 0.2) is 36.4 Å². The molecule has 13 heteroatoms. The summed E-state index contributed by atoms with van der Waals surface area (Å²) >= 11 is 13.5. The largest absolute Gasteiger partial charge is 0.502 e. The molecule has 2 aromatic carbocycles. The number of amides is 2. The lowest BCUT2D eigenvalue weighted by molar-refractivity contribution is -0.122. The second-order valence-electron chi connectivity index (χ2n) is 8.20. The van der Waals surface area contributed by atoms with Crippen molar-refractivity contribution in [3.8, 4) is 17.2 Å². The van der Waals surface area contributed by atoms with Crippen molar-refractivity contribution in [2.45, 2.75) is 22.1 Å². The highest BCUT2D eigenvalue weighted by molar-refractivity contribution is 6.58. The van der Waals surface area contributed by atoms with Gasteiger partial charge in [-0.2, -0.15) is 0 Å². The van der Waals surface area contributed by atoms with Crippen LogP contribution in [0.4, 0.5) is 27.6 Å². The number of halogens is 7. The molecule has 0 bridgehead atoms. The van der Waals surface area contributed by atoms with Crippen molar-refractivity contribution in [2.75, 3.05) is 19.1 Å². The van der Waals surface area contributed by atoms with Crippen molar-refractivity contribution in [3.05, 3.63) is 71.1 Å². The van der Waals surface area contributed by atoms with Gasteiger partial charge in [-0.15, -0.1) is 23.2 Å². The topological polar surface area (TPSA) is 76.1 Å². The smallest absolute Gasteiger partial charge is 0.258 e. The van der Waals surface area contributed by atoms with Crippen LogP contribution in [0, 0.1) is 29.1 Å². The average molecular weight is 564 g/mol. The van der Waals surface area contributed by atoms with Gasteiger partial charge in [0.05, 0.1) is 14.2 Å². The Morgan fingerprint density at radius 1 is 0.973 bits per heavy atom. The molecule has 1 aliphatic heterocycles. The minimum Gasteiger partial charge on any atom is -0.502 e. The highest BCUT2D eigenvalue weighted by atomic mass is 35.5. The number of ether oxygens (including phenoxy) is 2. The predicted molar refractivity (Wildman–Crippen MR) is 123 cm³/mol. The van der Waals surface area contributed by atoms with Crippen LogP contribution in [0.5, 0.6) is 17.2 Å². The molecule has 1 heterocycles. The lowest BCUT2D eigenvalue weighted by Crippen LogP contribution is -2.54. The Hall–Kier alpha value is -3.31. The lowest BCUT2D eigenvalue weighted by Gasteiger charge is -2.42. The van der Waals surface area contributed by atoms with E-state index in [1.807, 2.05) is 0 Å². The first-order valence-electron chi connectivity index (χ1n) is 10.4. The Morgan fingerprint density at radius 2 is 1.46 bits per heavy atom. The van der Waals surface area contributed by atoms with E-state index < -0.39 is 74.4 Å². The third kappa shape index (κ3) is 3.36. The summed E-state index contributed by atoms with van der Waals surface area (Å²) in [6.07, 6.45) is 2.22. The summed E-state index contributed by atoms with van der Waals surface area (Å²) < 4.78 is 81.3. The van der Waals surface area contributed by atoms with Crippen LogP contribution >= 0.6 is 23.2 Å². The number of anilines is 1. The number of hydrogen-bond donors (Lipinski definition) is 1. The Balaban J connectivity index is 2.02. The predicted octanol–water partition coefficient (Wildman–Crippen LogP) is 5.23. The number of rotatable bonds is 5. The molecular formula is C24H16Cl2F5NO5. The van der Waals surface area contributed by atoms with Crippen molar-refractivity contribution in [3.63, 3.8) is 0 Å². The standard InChI is InChI=1S/C24H16Cl2F5NO5/c1-4-9-5-6-23(25)21(34)32(19-17(30)15(28)14(27)16(29)18(19)31)22(35)24(23,26)13(9)10-7-11(36-2)20(33)12(8-10)37-3/h4-5,7-8,13,33H,1,6H2,2-3H3. The van der Waals surface area contributed by atoms with Crippen molar-refractivity contribution in [1.82, 2.24) is 0 Å². The molecule has 0 spiro atoms. The Kier molecular flexibility index (Phi) is 6.44. The van der Waals surface area contributed by atoms with Crippen molar-refractivity contribution in [2.24, 2.45) is 0 Å². The fourth-order valence-electron chi connectivity index (χ4n) is 4.65. The summed E-state index contributed by atoms with van der Waals surface area (Å²) in [7, 11) is 2.45. The lowest BCUT2D eigenvalue weighted by atomic mass is 9.68. The number of hydrogen-bond acceptors (Lipinski definition) is 5. The van der Waals surface area contributed by atoms with E-state index in [2.05, 4.69) is 6.58 Å². The minimum atomic E-state index is -2.56. The van der Waals surface area contributed by atoms with Crippen LogP contribution in [-0.4, -0.2) is 40.9 Å². The molecule has 0 saturated carbocycles. The van der Waals surface area contributed by atoms with Gasteiger partial charge in [-0.1, -0.05) is 18.7 Å². The fraction of sp³-hybridized carbons (Fsp3) is 0.250. The highest BCUT2D eigenvalue weighted by Crippen LogP contribution is 2.61. The van der Waals surface area contributed by atoms with Gasteiger partial charge >= 0.3 is 0 Å².